The first-order chi connectivity index (χ1) is 9.60. The number of amides is 1. The zero-order valence-electron chi connectivity index (χ0n) is 11.6. The molecule has 5 heteroatoms. The topological polar surface area (TPSA) is 61.4 Å². The molecule has 3 N–H and O–H groups in total. The van der Waals surface area contributed by atoms with Gasteiger partial charge in [0.25, 0.3) is 5.91 Å². The summed E-state index contributed by atoms with van der Waals surface area (Å²) in [7, 11) is 1.63. The van der Waals surface area contributed by atoms with Crippen molar-refractivity contribution in [1.29, 1.82) is 0 Å². The van der Waals surface area contributed by atoms with Crippen LogP contribution < -0.4 is 10.6 Å². The smallest absolute Gasteiger partial charge is 0.253 e. The van der Waals surface area contributed by atoms with Gasteiger partial charge in [-0.1, -0.05) is 12.1 Å². The molecule has 4 nitrogen and oxygen atoms in total. The fraction of sp³-hybridized carbons (Fsp3) is 0.267. The summed E-state index contributed by atoms with van der Waals surface area (Å²) in [6, 6.07) is 4.70. The highest BCUT2D eigenvalue weighted by molar-refractivity contribution is 6.00. The highest BCUT2D eigenvalue weighted by Gasteiger charge is 2.12. The number of benzene rings is 1. The molecule has 1 aromatic rings. The van der Waals surface area contributed by atoms with Crippen molar-refractivity contribution in [1.82, 2.24) is 5.32 Å². The fourth-order valence-corrected chi connectivity index (χ4v) is 1.71. The fourth-order valence-electron chi connectivity index (χ4n) is 1.71. The van der Waals surface area contributed by atoms with Gasteiger partial charge in [-0.15, -0.1) is 0 Å². The van der Waals surface area contributed by atoms with Crippen molar-refractivity contribution in [3.05, 3.63) is 47.8 Å². The van der Waals surface area contributed by atoms with Gasteiger partial charge in [0.05, 0.1) is 11.3 Å². The zero-order chi connectivity index (χ0) is 15.0. The number of hydrogen-bond donors (Lipinski definition) is 3. The Labute approximate surface area is 118 Å². The van der Waals surface area contributed by atoms with Crippen LogP contribution in [0, 0.1) is 0 Å². The molecular formula is C15H19FN2O2. The second-order valence-corrected chi connectivity index (χ2v) is 4.08. The van der Waals surface area contributed by atoms with Crippen LogP contribution in [0.5, 0.6) is 5.75 Å². The molecular weight excluding hydrogens is 259 g/mol. The summed E-state index contributed by atoms with van der Waals surface area (Å²) >= 11 is 0. The second kappa shape index (κ2) is 7.99. The van der Waals surface area contributed by atoms with Crippen LogP contribution in [0.4, 0.5) is 10.1 Å². The van der Waals surface area contributed by atoms with Crippen LogP contribution >= 0.6 is 0 Å². The molecule has 1 amide bonds. The number of para-hydroxylation sites is 1. The van der Waals surface area contributed by atoms with E-state index in [1.165, 1.54) is 18.2 Å². The lowest BCUT2D eigenvalue weighted by Gasteiger charge is -2.10. The number of phenols is 1. The van der Waals surface area contributed by atoms with E-state index in [0.29, 0.717) is 24.2 Å². The lowest BCUT2D eigenvalue weighted by atomic mass is 10.1. The molecule has 0 heterocycles. The summed E-state index contributed by atoms with van der Waals surface area (Å²) in [5.41, 5.74) is 0.728. The van der Waals surface area contributed by atoms with Gasteiger partial charge in [-0.25, -0.2) is 4.39 Å². The average Bonchev–Trinajstić information content (AvgIpc) is 2.43. The van der Waals surface area contributed by atoms with E-state index in [1.54, 1.807) is 32.2 Å². The zero-order valence-corrected chi connectivity index (χ0v) is 11.6. The Morgan fingerprint density at radius 3 is 2.85 bits per heavy atom. The van der Waals surface area contributed by atoms with Crippen LogP contribution in [0.25, 0.3) is 0 Å². The van der Waals surface area contributed by atoms with E-state index in [1.807, 2.05) is 0 Å². The summed E-state index contributed by atoms with van der Waals surface area (Å²) in [4.78, 5) is 12.0. The molecule has 1 rings (SSSR count). The lowest BCUT2D eigenvalue weighted by molar-refractivity contribution is 0.0954. The Balaban J connectivity index is 2.60. The van der Waals surface area contributed by atoms with Crippen molar-refractivity contribution >= 4 is 11.6 Å². The van der Waals surface area contributed by atoms with Gasteiger partial charge in [0.1, 0.15) is 11.6 Å². The van der Waals surface area contributed by atoms with Gasteiger partial charge in [-0.2, -0.15) is 0 Å². The van der Waals surface area contributed by atoms with E-state index in [-0.39, 0.29) is 17.5 Å². The molecule has 0 radical (unpaired) electrons. The van der Waals surface area contributed by atoms with E-state index in [2.05, 4.69) is 10.6 Å². The third-order valence-corrected chi connectivity index (χ3v) is 2.63. The van der Waals surface area contributed by atoms with E-state index < -0.39 is 0 Å². The van der Waals surface area contributed by atoms with Gasteiger partial charge in [0.2, 0.25) is 0 Å². The third kappa shape index (κ3) is 4.42. The highest BCUT2D eigenvalue weighted by atomic mass is 19.1. The SMILES string of the molecule is C/C=C\C(F)=C/CCNC(=O)c1cccc(O)c1NC. The number of anilines is 1. The second-order valence-electron chi connectivity index (χ2n) is 4.08. The summed E-state index contributed by atoms with van der Waals surface area (Å²) in [6.07, 6.45) is 4.77. The molecule has 0 aromatic heterocycles. The molecule has 0 spiro atoms. The van der Waals surface area contributed by atoms with Crippen molar-refractivity contribution in [3.8, 4) is 5.75 Å². The molecule has 0 saturated heterocycles. The monoisotopic (exact) mass is 278 g/mol. The predicted molar refractivity (Wildman–Crippen MR) is 78.6 cm³/mol. The number of carbonyl (C=O) groups excluding carboxylic acids is 1. The van der Waals surface area contributed by atoms with Gasteiger partial charge in [0, 0.05) is 13.6 Å². The minimum Gasteiger partial charge on any atom is -0.506 e. The maximum Gasteiger partial charge on any atom is 0.253 e. The van der Waals surface area contributed by atoms with Crippen LogP contribution in [0.2, 0.25) is 0 Å². The Morgan fingerprint density at radius 1 is 1.45 bits per heavy atom. The van der Waals surface area contributed by atoms with E-state index in [0.717, 1.165) is 0 Å². The molecule has 0 aliphatic rings. The van der Waals surface area contributed by atoms with E-state index >= 15 is 0 Å². The van der Waals surface area contributed by atoms with Gasteiger partial charge in [-0.05, 0) is 37.6 Å². The van der Waals surface area contributed by atoms with Crippen molar-refractivity contribution in [3.63, 3.8) is 0 Å². The third-order valence-electron chi connectivity index (χ3n) is 2.63. The Bertz CT molecular complexity index is 525. The first-order valence-corrected chi connectivity index (χ1v) is 6.36. The van der Waals surface area contributed by atoms with Crippen LogP contribution in [-0.4, -0.2) is 24.6 Å². The standard InChI is InChI=1S/C15H19FN2O2/c1-3-6-11(16)7-5-10-18-15(20)12-8-4-9-13(19)14(12)17-2/h3-4,6-9,17,19H,5,10H2,1-2H3,(H,18,20)/b6-3-,11-7+. The molecule has 0 aliphatic heterocycles. The molecule has 1 aromatic carbocycles. The van der Waals surface area contributed by atoms with Gasteiger partial charge in [0.15, 0.2) is 0 Å². The van der Waals surface area contributed by atoms with Gasteiger partial charge >= 0.3 is 0 Å². The van der Waals surface area contributed by atoms with Crippen molar-refractivity contribution in [2.45, 2.75) is 13.3 Å². The molecule has 0 fully saturated rings. The molecule has 108 valence electrons. The van der Waals surface area contributed by atoms with Crippen molar-refractivity contribution < 1.29 is 14.3 Å². The Morgan fingerprint density at radius 2 is 2.20 bits per heavy atom. The first kappa shape index (κ1) is 15.8. The number of halogens is 1. The molecule has 20 heavy (non-hydrogen) atoms. The molecule has 0 saturated carbocycles. The maximum absolute atomic E-state index is 13.0. The summed E-state index contributed by atoms with van der Waals surface area (Å²) < 4.78 is 13.0. The Hall–Kier alpha value is -2.30. The van der Waals surface area contributed by atoms with E-state index in [4.69, 9.17) is 0 Å². The van der Waals surface area contributed by atoms with Crippen LogP contribution in [0.15, 0.2) is 42.3 Å². The minimum atomic E-state index is -0.324. The summed E-state index contributed by atoms with van der Waals surface area (Å²) in [5.74, 6) is -0.626. The molecule has 0 bridgehead atoms. The summed E-state index contributed by atoms with van der Waals surface area (Å²) in [5, 5.41) is 15.1. The predicted octanol–water partition coefficient (Wildman–Crippen LogP) is 2.98. The molecule has 0 unspecified atom stereocenters. The largest absolute Gasteiger partial charge is 0.506 e. The normalized spacial score (nSPS) is 11.7. The number of hydrogen-bond acceptors (Lipinski definition) is 3. The Kier molecular flexibility index (Phi) is 6.29. The number of phenolic OH excluding ortho intramolecular Hbond substituents is 1. The quantitative estimate of drug-likeness (QED) is 0.426. The maximum atomic E-state index is 13.0. The number of allylic oxidation sites excluding steroid dienone is 3. The van der Waals surface area contributed by atoms with E-state index in [9.17, 15) is 14.3 Å². The summed E-state index contributed by atoms with van der Waals surface area (Å²) in [6.45, 7) is 2.05. The van der Waals surface area contributed by atoms with Gasteiger partial charge < -0.3 is 15.7 Å². The van der Waals surface area contributed by atoms with Gasteiger partial charge in [-0.3, -0.25) is 4.79 Å². The lowest BCUT2D eigenvalue weighted by Crippen LogP contribution is -2.25. The molecule has 0 atom stereocenters. The molecule has 0 aliphatic carbocycles. The van der Waals surface area contributed by atoms with Crippen molar-refractivity contribution in [2.24, 2.45) is 0 Å². The van der Waals surface area contributed by atoms with Crippen LogP contribution in [0.1, 0.15) is 23.7 Å². The number of nitrogens with one attached hydrogen (secondary N) is 2. The minimum absolute atomic E-state index is 0.0131. The first-order valence-electron chi connectivity index (χ1n) is 6.36. The number of carbonyl (C=O) groups is 1. The highest BCUT2D eigenvalue weighted by Crippen LogP contribution is 2.26. The van der Waals surface area contributed by atoms with Crippen molar-refractivity contribution in [2.75, 3.05) is 18.9 Å². The van der Waals surface area contributed by atoms with Crippen LogP contribution in [0.3, 0.4) is 0 Å². The number of rotatable bonds is 6. The van der Waals surface area contributed by atoms with Crippen LogP contribution in [-0.2, 0) is 0 Å². The average molecular weight is 278 g/mol. The number of aromatic hydroxyl groups is 1.